The van der Waals surface area contributed by atoms with E-state index >= 15 is 0 Å². The summed E-state index contributed by atoms with van der Waals surface area (Å²) in [5.74, 6) is 2.62. The number of nitrogens with one attached hydrogen (secondary N) is 2. The third-order valence-corrected chi connectivity index (χ3v) is 3.43. The molecule has 116 valence electrons. The van der Waals surface area contributed by atoms with Crippen molar-refractivity contribution in [1.29, 1.82) is 0 Å². The van der Waals surface area contributed by atoms with Gasteiger partial charge in [0.25, 0.3) is 0 Å². The molecule has 1 aliphatic rings. The summed E-state index contributed by atoms with van der Waals surface area (Å²) >= 11 is 0. The Kier molecular flexibility index (Phi) is 4.22. The van der Waals surface area contributed by atoms with Gasteiger partial charge in [0.2, 0.25) is 5.76 Å². The largest absolute Gasteiger partial charge is 0.463 e. The zero-order valence-electron chi connectivity index (χ0n) is 12.3. The van der Waals surface area contributed by atoms with E-state index in [-0.39, 0.29) is 5.76 Å². The normalized spacial score (nSPS) is 13.7. The maximum absolute atomic E-state index is 11.3. The van der Waals surface area contributed by atoms with Crippen LogP contribution >= 0.6 is 0 Å². The van der Waals surface area contributed by atoms with Crippen molar-refractivity contribution in [1.82, 2.24) is 9.97 Å². The van der Waals surface area contributed by atoms with E-state index < -0.39 is 5.97 Å². The summed E-state index contributed by atoms with van der Waals surface area (Å²) in [5.41, 5.74) is 0. The molecule has 1 aliphatic carbocycles. The van der Waals surface area contributed by atoms with Gasteiger partial charge in [0.15, 0.2) is 0 Å². The van der Waals surface area contributed by atoms with Crippen LogP contribution in [0.15, 0.2) is 28.9 Å². The highest BCUT2D eigenvalue weighted by Gasteiger charge is 2.20. The SMILES string of the molecule is COC(=O)c1ccc(CNc2cc(NCC3CC3)ncn2)o1. The van der Waals surface area contributed by atoms with Gasteiger partial charge < -0.3 is 19.8 Å². The first-order valence-electron chi connectivity index (χ1n) is 7.21. The van der Waals surface area contributed by atoms with Gasteiger partial charge in [0.1, 0.15) is 23.7 Å². The Hall–Kier alpha value is -2.57. The fourth-order valence-electron chi connectivity index (χ4n) is 1.98. The minimum atomic E-state index is -0.486. The topological polar surface area (TPSA) is 89.3 Å². The number of aromatic nitrogens is 2. The van der Waals surface area contributed by atoms with Gasteiger partial charge in [-0.1, -0.05) is 0 Å². The van der Waals surface area contributed by atoms with Crippen molar-refractivity contribution in [2.45, 2.75) is 19.4 Å². The van der Waals surface area contributed by atoms with Gasteiger partial charge in [-0.05, 0) is 30.9 Å². The second-order valence-corrected chi connectivity index (χ2v) is 5.22. The van der Waals surface area contributed by atoms with Gasteiger partial charge in [-0.3, -0.25) is 0 Å². The second-order valence-electron chi connectivity index (χ2n) is 5.22. The van der Waals surface area contributed by atoms with Gasteiger partial charge in [0.05, 0.1) is 13.7 Å². The van der Waals surface area contributed by atoms with E-state index in [1.165, 1.54) is 26.3 Å². The number of carbonyl (C=O) groups is 1. The minimum Gasteiger partial charge on any atom is -0.463 e. The molecule has 3 rings (SSSR count). The van der Waals surface area contributed by atoms with E-state index in [1.54, 1.807) is 12.1 Å². The predicted octanol–water partition coefficient (Wildman–Crippen LogP) is 2.29. The summed E-state index contributed by atoms with van der Waals surface area (Å²) in [6.45, 7) is 1.38. The summed E-state index contributed by atoms with van der Waals surface area (Å²) < 4.78 is 9.98. The lowest BCUT2D eigenvalue weighted by Crippen LogP contribution is -2.07. The molecule has 0 atom stereocenters. The molecule has 2 aromatic heterocycles. The van der Waals surface area contributed by atoms with Crippen LogP contribution in [-0.2, 0) is 11.3 Å². The lowest BCUT2D eigenvalue weighted by atomic mass is 10.4. The molecule has 1 fully saturated rings. The lowest BCUT2D eigenvalue weighted by molar-refractivity contribution is 0.0563. The van der Waals surface area contributed by atoms with E-state index in [1.807, 2.05) is 6.07 Å². The molecule has 7 heteroatoms. The molecule has 2 aromatic rings. The number of esters is 1. The zero-order chi connectivity index (χ0) is 15.4. The predicted molar refractivity (Wildman–Crippen MR) is 80.6 cm³/mol. The maximum Gasteiger partial charge on any atom is 0.373 e. The highest BCUT2D eigenvalue weighted by atomic mass is 16.5. The molecule has 0 saturated heterocycles. The third kappa shape index (κ3) is 3.75. The lowest BCUT2D eigenvalue weighted by Gasteiger charge is -2.07. The van der Waals surface area contributed by atoms with Crippen molar-refractivity contribution < 1.29 is 13.9 Å². The van der Waals surface area contributed by atoms with E-state index in [4.69, 9.17) is 4.42 Å². The summed E-state index contributed by atoms with van der Waals surface area (Å²) in [6, 6.07) is 5.17. The standard InChI is InChI=1S/C15H18N4O3/c1-21-15(20)12-5-4-11(22-12)8-17-14-6-13(18-9-19-14)16-7-10-2-3-10/h4-6,9-10H,2-3,7-8H2,1H3,(H2,16,17,18,19). The smallest absolute Gasteiger partial charge is 0.373 e. The third-order valence-electron chi connectivity index (χ3n) is 3.43. The van der Waals surface area contributed by atoms with Gasteiger partial charge in [-0.2, -0.15) is 0 Å². The Balaban J connectivity index is 1.55. The van der Waals surface area contributed by atoms with Crippen molar-refractivity contribution in [2.24, 2.45) is 5.92 Å². The maximum atomic E-state index is 11.3. The Bertz CT molecular complexity index is 652. The number of furan rings is 1. The van der Waals surface area contributed by atoms with Gasteiger partial charge in [0, 0.05) is 12.6 Å². The van der Waals surface area contributed by atoms with Gasteiger partial charge >= 0.3 is 5.97 Å². The molecule has 2 heterocycles. The number of rotatable bonds is 7. The van der Waals surface area contributed by atoms with Crippen LogP contribution < -0.4 is 10.6 Å². The van der Waals surface area contributed by atoms with Crippen molar-refractivity contribution in [3.8, 4) is 0 Å². The Labute approximate surface area is 128 Å². The van der Waals surface area contributed by atoms with Crippen molar-refractivity contribution in [3.05, 3.63) is 36.0 Å². The number of methoxy groups -OCH3 is 1. The minimum absolute atomic E-state index is 0.189. The van der Waals surface area contributed by atoms with Crippen molar-refractivity contribution in [2.75, 3.05) is 24.3 Å². The van der Waals surface area contributed by atoms with Crippen LogP contribution in [0, 0.1) is 5.92 Å². The van der Waals surface area contributed by atoms with Crippen LogP contribution in [0.4, 0.5) is 11.6 Å². The molecule has 1 saturated carbocycles. The molecule has 0 radical (unpaired) electrons. The van der Waals surface area contributed by atoms with Crippen molar-refractivity contribution in [3.63, 3.8) is 0 Å². The molecule has 0 aromatic carbocycles. The average molecular weight is 302 g/mol. The number of hydrogen-bond acceptors (Lipinski definition) is 7. The first kappa shape index (κ1) is 14.4. The Morgan fingerprint density at radius 2 is 2.09 bits per heavy atom. The van der Waals surface area contributed by atoms with Crippen LogP contribution in [0.3, 0.4) is 0 Å². The molecule has 0 amide bonds. The second kappa shape index (κ2) is 6.46. The highest BCUT2D eigenvalue weighted by Crippen LogP contribution is 2.28. The number of hydrogen-bond donors (Lipinski definition) is 2. The van der Waals surface area contributed by atoms with Crippen LogP contribution in [0.2, 0.25) is 0 Å². The van der Waals surface area contributed by atoms with Crippen LogP contribution in [-0.4, -0.2) is 29.6 Å². The summed E-state index contributed by atoms with van der Waals surface area (Å²) in [5, 5.41) is 6.43. The van der Waals surface area contributed by atoms with Crippen LogP contribution in [0.5, 0.6) is 0 Å². The Morgan fingerprint density at radius 1 is 1.32 bits per heavy atom. The van der Waals surface area contributed by atoms with Gasteiger partial charge in [-0.25, -0.2) is 14.8 Å². The highest BCUT2D eigenvalue weighted by molar-refractivity contribution is 5.86. The molecule has 2 N–H and O–H groups in total. The number of ether oxygens (including phenoxy) is 1. The van der Waals surface area contributed by atoms with E-state index in [0.717, 1.165) is 18.3 Å². The first-order valence-corrected chi connectivity index (χ1v) is 7.21. The van der Waals surface area contributed by atoms with Gasteiger partial charge in [-0.15, -0.1) is 0 Å². The number of nitrogens with zero attached hydrogens (tertiary/aromatic N) is 2. The molecular weight excluding hydrogens is 284 g/mol. The summed E-state index contributed by atoms with van der Waals surface area (Å²) in [4.78, 5) is 19.7. The van der Waals surface area contributed by atoms with E-state index in [2.05, 4.69) is 25.3 Å². The molecule has 7 nitrogen and oxygen atoms in total. The molecule has 0 spiro atoms. The fraction of sp³-hybridized carbons (Fsp3) is 0.400. The monoisotopic (exact) mass is 302 g/mol. The Morgan fingerprint density at radius 3 is 2.82 bits per heavy atom. The number of carbonyl (C=O) groups excluding carboxylic acids is 1. The summed E-state index contributed by atoms with van der Waals surface area (Å²) in [6.07, 6.45) is 4.11. The molecule has 0 aliphatic heterocycles. The summed E-state index contributed by atoms with van der Waals surface area (Å²) in [7, 11) is 1.32. The van der Waals surface area contributed by atoms with E-state index in [9.17, 15) is 4.79 Å². The molecule has 0 bridgehead atoms. The van der Waals surface area contributed by atoms with Crippen LogP contribution in [0.1, 0.15) is 29.2 Å². The average Bonchev–Trinajstić information content (AvgIpc) is 3.26. The molecular formula is C15H18N4O3. The fourth-order valence-corrected chi connectivity index (χ4v) is 1.98. The van der Waals surface area contributed by atoms with E-state index in [0.29, 0.717) is 18.1 Å². The molecule has 22 heavy (non-hydrogen) atoms. The zero-order valence-corrected chi connectivity index (χ0v) is 12.3. The quantitative estimate of drug-likeness (QED) is 0.758. The van der Waals surface area contributed by atoms with Crippen LogP contribution in [0.25, 0.3) is 0 Å². The van der Waals surface area contributed by atoms with Crippen molar-refractivity contribution >= 4 is 17.6 Å². The number of anilines is 2. The first-order chi connectivity index (χ1) is 10.7. The molecule has 0 unspecified atom stereocenters.